The van der Waals surface area contributed by atoms with E-state index in [4.69, 9.17) is 4.98 Å². The minimum atomic E-state index is -3.69. The van der Waals surface area contributed by atoms with Crippen molar-refractivity contribution in [2.24, 2.45) is 0 Å². The van der Waals surface area contributed by atoms with Crippen LogP contribution in [0.2, 0.25) is 0 Å². The third-order valence-corrected chi connectivity index (χ3v) is 6.49. The fourth-order valence-electron chi connectivity index (χ4n) is 4.52. The highest BCUT2D eigenvalue weighted by molar-refractivity contribution is 5.96. The van der Waals surface area contributed by atoms with Gasteiger partial charge in [0, 0.05) is 23.2 Å². The van der Waals surface area contributed by atoms with Gasteiger partial charge in [0.2, 0.25) is 0 Å². The molecular weight excluding hydrogens is 440 g/mol. The Labute approximate surface area is 195 Å². The maximum absolute atomic E-state index is 13.4. The molecule has 5 rings (SSSR count). The highest BCUT2D eigenvalue weighted by Crippen LogP contribution is 2.52. The minimum Gasteiger partial charge on any atom is -0.395 e. The van der Waals surface area contributed by atoms with Crippen LogP contribution in [0.4, 0.5) is 8.78 Å². The SMILES string of the molecule is CC(=O)c1cc(C)cc(-c2nc(CC(=O)C3(c4ccc5c(c4)OC(F)(F)O5)CC3)ccc2C)c1. The van der Waals surface area contributed by atoms with Crippen LogP contribution in [0, 0.1) is 13.8 Å². The molecule has 2 aliphatic rings. The molecule has 0 atom stereocenters. The van der Waals surface area contributed by atoms with Gasteiger partial charge in [0.15, 0.2) is 17.3 Å². The van der Waals surface area contributed by atoms with Crippen molar-refractivity contribution in [2.75, 3.05) is 0 Å². The van der Waals surface area contributed by atoms with Crippen molar-refractivity contribution in [3.8, 4) is 22.8 Å². The van der Waals surface area contributed by atoms with E-state index >= 15 is 0 Å². The average molecular weight is 463 g/mol. The zero-order valence-corrected chi connectivity index (χ0v) is 19.1. The van der Waals surface area contributed by atoms with Gasteiger partial charge in [-0.25, -0.2) is 0 Å². The van der Waals surface area contributed by atoms with Crippen LogP contribution >= 0.6 is 0 Å². The van der Waals surface area contributed by atoms with Crippen LogP contribution in [0.3, 0.4) is 0 Å². The number of ether oxygens (including phenoxy) is 2. The topological polar surface area (TPSA) is 65.5 Å². The Kier molecular flexibility index (Phi) is 5.04. The van der Waals surface area contributed by atoms with Crippen molar-refractivity contribution >= 4 is 11.6 Å². The van der Waals surface area contributed by atoms with Crippen LogP contribution in [0.25, 0.3) is 11.3 Å². The number of benzene rings is 2. The number of fused-ring (bicyclic) bond motifs is 1. The fourth-order valence-corrected chi connectivity index (χ4v) is 4.52. The lowest BCUT2D eigenvalue weighted by atomic mass is 9.88. The molecule has 5 nitrogen and oxygen atoms in total. The summed E-state index contributed by atoms with van der Waals surface area (Å²) in [7, 11) is 0. The fraction of sp³-hybridized carbons (Fsp3) is 0.296. The zero-order valence-electron chi connectivity index (χ0n) is 19.1. The number of ketones is 2. The summed E-state index contributed by atoms with van der Waals surface area (Å²) in [5.74, 6) is -0.136. The quantitative estimate of drug-likeness (QED) is 0.437. The molecule has 1 aliphatic heterocycles. The summed E-state index contributed by atoms with van der Waals surface area (Å²) in [5.41, 5.74) is 4.60. The predicted molar refractivity (Wildman–Crippen MR) is 121 cm³/mol. The van der Waals surface area contributed by atoms with Crippen molar-refractivity contribution in [2.45, 2.75) is 51.7 Å². The molecule has 2 aromatic carbocycles. The molecule has 0 unspecified atom stereocenters. The summed E-state index contributed by atoms with van der Waals surface area (Å²) in [6, 6.07) is 13.9. The first-order valence-electron chi connectivity index (χ1n) is 11.1. The van der Waals surface area contributed by atoms with Gasteiger partial charge >= 0.3 is 6.29 Å². The number of nitrogens with zero attached hydrogens (tertiary/aromatic N) is 1. The summed E-state index contributed by atoms with van der Waals surface area (Å²) < 4.78 is 35.8. The number of alkyl halides is 2. The number of rotatable bonds is 6. The monoisotopic (exact) mass is 463 g/mol. The van der Waals surface area contributed by atoms with Crippen molar-refractivity contribution in [3.63, 3.8) is 0 Å². The average Bonchev–Trinajstić information content (AvgIpc) is 3.51. The Morgan fingerprint density at radius 2 is 1.71 bits per heavy atom. The molecule has 0 bridgehead atoms. The lowest BCUT2D eigenvalue weighted by Gasteiger charge is -2.16. The Bertz CT molecular complexity index is 1340. The second-order valence-corrected chi connectivity index (χ2v) is 9.12. The molecule has 0 spiro atoms. The van der Waals surface area contributed by atoms with E-state index in [1.165, 1.54) is 19.1 Å². The van der Waals surface area contributed by atoms with Crippen molar-refractivity contribution in [1.29, 1.82) is 0 Å². The first kappa shape index (κ1) is 22.2. The van der Waals surface area contributed by atoms with E-state index in [-0.39, 0.29) is 29.5 Å². The Hall–Kier alpha value is -3.61. The van der Waals surface area contributed by atoms with Crippen molar-refractivity contribution < 1.29 is 27.8 Å². The number of pyridine rings is 1. The van der Waals surface area contributed by atoms with Gasteiger partial charge in [0.25, 0.3) is 0 Å². The molecule has 3 aromatic rings. The van der Waals surface area contributed by atoms with Crippen LogP contribution in [-0.2, 0) is 16.6 Å². The Balaban J connectivity index is 1.42. The highest BCUT2D eigenvalue weighted by atomic mass is 19.3. The van der Waals surface area contributed by atoms with Gasteiger partial charge in [-0.05, 0) is 86.7 Å². The number of hydrogen-bond acceptors (Lipinski definition) is 5. The maximum Gasteiger partial charge on any atom is 0.586 e. The first-order chi connectivity index (χ1) is 16.1. The summed E-state index contributed by atoms with van der Waals surface area (Å²) in [5, 5.41) is 0. The van der Waals surface area contributed by atoms with E-state index in [1.54, 1.807) is 6.07 Å². The van der Waals surface area contributed by atoms with Crippen LogP contribution < -0.4 is 9.47 Å². The van der Waals surface area contributed by atoms with E-state index in [1.807, 2.05) is 44.2 Å². The summed E-state index contributed by atoms with van der Waals surface area (Å²) in [4.78, 5) is 30.0. The highest BCUT2D eigenvalue weighted by Gasteiger charge is 2.52. The van der Waals surface area contributed by atoms with Crippen LogP contribution in [0.15, 0.2) is 48.5 Å². The maximum atomic E-state index is 13.4. The van der Waals surface area contributed by atoms with Gasteiger partial charge in [0.1, 0.15) is 5.78 Å². The molecule has 0 saturated heterocycles. The van der Waals surface area contributed by atoms with E-state index in [0.717, 1.165) is 22.4 Å². The van der Waals surface area contributed by atoms with E-state index < -0.39 is 11.7 Å². The molecule has 1 aromatic heterocycles. The van der Waals surface area contributed by atoms with Crippen molar-refractivity contribution in [3.05, 3.63) is 76.5 Å². The second kappa shape index (κ2) is 7.72. The Morgan fingerprint density at radius 3 is 2.41 bits per heavy atom. The molecule has 2 heterocycles. The van der Waals surface area contributed by atoms with Gasteiger partial charge in [-0.3, -0.25) is 14.6 Å². The predicted octanol–water partition coefficient (Wildman–Crippen LogP) is 5.73. The molecule has 0 N–H and O–H groups in total. The Morgan fingerprint density at radius 1 is 0.971 bits per heavy atom. The van der Waals surface area contributed by atoms with Crippen LogP contribution in [-0.4, -0.2) is 22.8 Å². The van der Waals surface area contributed by atoms with Gasteiger partial charge in [0.05, 0.1) is 11.1 Å². The van der Waals surface area contributed by atoms with Gasteiger partial charge < -0.3 is 9.47 Å². The second-order valence-electron chi connectivity index (χ2n) is 9.12. The van der Waals surface area contributed by atoms with Crippen molar-refractivity contribution in [1.82, 2.24) is 4.98 Å². The van der Waals surface area contributed by atoms with E-state index in [0.29, 0.717) is 29.7 Å². The largest absolute Gasteiger partial charge is 0.586 e. The number of Topliss-reactive ketones (excluding diaryl/α,β-unsaturated/α-hetero) is 2. The van der Waals surface area contributed by atoms with Gasteiger partial charge in [-0.15, -0.1) is 8.78 Å². The number of halogens is 2. The lowest BCUT2D eigenvalue weighted by Crippen LogP contribution is -2.26. The molecule has 1 saturated carbocycles. The molecule has 1 aliphatic carbocycles. The molecule has 7 heteroatoms. The number of carbonyl (C=O) groups is 2. The summed E-state index contributed by atoms with van der Waals surface area (Å²) >= 11 is 0. The molecular formula is C27H23F2NO4. The number of hydrogen-bond donors (Lipinski definition) is 0. The first-order valence-corrected chi connectivity index (χ1v) is 11.1. The molecule has 0 radical (unpaired) electrons. The summed E-state index contributed by atoms with van der Waals surface area (Å²) in [6.45, 7) is 5.39. The lowest BCUT2D eigenvalue weighted by molar-refractivity contribution is -0.286. The van der Waals surface area contributed by atoms with Crippen LogP contribution in [0.5, 0.6) is 11.5 Å². The minimum absolute atomic E-state index is 0.0194. The number of aromatic nitrogens is 1. The van der Waals surface area contributed by atoms with Gasteiger partial charge in [-0.1, -0.05) is 12.1 Å². The molecule has 34 heavy (non-hydrogen) atoms. The third-order valence-electron chi connectivity index (χ3n) is 6.49. The molecule has 1 fully saturated rings. The van der Waals surface area contributed by atoms with E-state index in [9.17, 15) is 18.4 Å². The molecule has 174 valence electrons. The third kappa shape index (κ3) is 3.95. The normalized spacial score (nSPS) is 16.9. The molecule has 0 amide bonds. The zero-order chi connectivity index (χ0) is 24.3. The number of carbonyl (C=O) groups excluding carboxylic acids is 2. The smallest absolute Gasteiger partial charge is 0.395 e. The van der Waals surface area contributed by atoms with E-state index in [2.05, 4.69) is 9.47 Å². The van der Waals surface area contributed by atoms with Crippen LogP contribution in [0.1, 0.15) is 52.5 Å². The standard InChI is InChI=1S/C27H23F2NO4/c1-15-10-18(17(3)31)12-19(11-15)25-16(2)4-6-21(30-25)14-24(32)26(8-9-26)20-5-7-22-23(13-20)34-27(28,29)33-22/h4-7,10-13H,8-9,14H2,1-3H3. The number of aryl methyl sites for hydroxylation is 2. The summed E-state index contributed by atoms with van der Waals surface area (Å²) in [6.07, 6.45) is -2.30. The van der Waals surface area contributed by atoms with Gasteiger partial charge in [-0.2, -0.15) is 0 Å².